The lowest BCUT2D eigenvalue weighted by molar-refractivity contribution is -0.389. The highest BCUT2D eigenvalue weighted by Gasteiger charge is 2.42. The lowest BCUT2D eigenvalue weighted by Gasteiger charge is -2.27. The van der Waals surface area contributed by atoms with E-state index in [0.29, 0.717) is 32.0 Å². The molecule has 0 N–H and O–H groups in total. The second kappa shape index (κ2) is 6.31. The zero-order valence-corrected chi connectivity index (χ0v) is 15.6. The Balaban J connectivity index is 1.29. The van der Waals surface area contributed by atoms with Gasteiger partial charge in [0.1, 0.15) is 17.6 Å². The van der Waals surface area contributed by atoms with Gasteiger partial charge in [-0.1, -0.05) is 0 Å². The predicted octanol–water partition coefficient (Wildman–Crippen LogP) is 2.55. The van der Waals surface area contributed by atoms with Crippen LogP contribution in [-0.2, 0) is 19.6 Å². The molecule has 0 fully saturated rings. The summed E-state index contributed by atoms with van der Waals surface area (Å²) < 4.78 is 20.7. The van der Waals surface area contributed by atoms with Crippen molar-refractivity contribution in [3.8, 4) is 17.4 Å². The van der Waals surface area contributed by atoms with Gasteiger partial charge in [-0.25, -0.2) is 14.4 Å². The highest BCUT2D eigenvalue weighted by molar-refractivity contribution is 5.55. The van der Waals surface area contributed by atoms with Crippen molar-refractivity contribution in [1.29, 1.82) is 0 Å². The molecule has 0 saturated heterocycles. The van der Waals surface area contributed by atoms with Gasteiger partial charge in [-0.2, -0.15) is 0 Å². The number of hydrogen-bond donors (Lipinski definition) is 0. The summed E-state index contributed by atoms with van der Waals surface area (Å²) >= 11 is 0. The molecule has 0 amide bonds. The van der Waals surface area contributed by atoms with Crippen LogP contribution in [0.2, 0.25) is 0 Å². The molecule has 9 nitrogen and oxygen atoms in total. The van der Waals surface area contributed by atoms with E-state index in [-0.39, 0.29) is 17.6 Å². The molecule has 5 rings (SSSR count). The lowest BCUT2D eigenvalue weighted by atomic mass is 10.1. The third kappa shape index (κ3) is 3.21. The van der Waals surface area contributed by atoms with Crippen LogP contribution in [0.4, 0.5) is 10.2 Å². The van der Waals surface area contributed by atoms with E-state index in [1.165, 1.54) is 18.3 Å². The first-order valence-electron chi connectivity index (χ1n) is 9.12. The second-order valence-corrected chi connectivity index (χ2v) is 7.64. The molecule has 148 valence electrons. The molecule has 4 heterocycles. The van der Waals surface area contributed by atoms with Crippen molar-refractivity contribution in [2.75, 3.05) is 6.54 Å². The van der Waals surface area contributed by atoms with Crippen molar-refractivity contribution < 1.29 is 14.1 Å². The zero-order valence-electron chi connectivity index (χ0n) is 15.6. The Labute approximate surface area is 164 Å². The monoisotopic (exact) mass is 396 g/mol. The zero-order chi connectivity index (χ0) is 20.2. The van der Waals surface area contributed by atoms with Crippen molar-refractivity contribution >= 4 is 5.82 Å². The summed E-state index contributed by atoms with van der Waals surface area (Å²) in [6, 6.07) is 6.39. The van der Waals surface area contributed by atoms with E-state index in [1.807, 2.05) is 13.1 Å². The van der Waals surface area contributed by atoms with Gasteiger partial charge in [-0.3, -0.25) is 9.47 Å². The molecule has 0 saturated carbocycles. The molecule has 2 aliphatic rings. The van der Waals surface area contributed by atoms with E-state index < -0.39 is 10.5 Å². The smallest absolute Gasteiger partial charge is 0.415 e. The van der Waals surface area contributed by atoms with Crippen molar-refractivity contribution in [1.82, 2.24) is 24.4 Å². The normalized spacial score (nSPS) is 20.3. The Bertz CT molecular complexity index is 1090. The molecule has 0 unspecified atom stereocenters. The van der Waals surface area contributed by atoms with Crippen LogP contribution in [0, 0.1) is 15.9 Å². The highest BCUT2D eigenvalue weighted by Crippen LogP contribution is 2.33. The number of nitrogens with zero attached hydrogens (tertiary/aromatic N) is 6. The Morgan fingerprint density at radius 1 is 1.28 bits per heavy atom. The Morgan fingerprint density at radius 2 is 2.07 bits per heavy atom. The number of ether oxygens (including phenoxy) is 1. The van der Waals surface area contributed by atoms with Gasteiger partial charge < -0.3 is 14.9 Å². The van der Waals surface area contributed by atoms with Gasteiger partial charge in [0.25, 0.3) is 0 Å². The van der Waals surface area contributed by atoms with Crippen molar-refractivity contribution in [2.24, 2.45) is 0 Å². The molecule has 0 radical (unpaired) electrons. The standard InChI is InChI=1S/C19H17FN6O3/c1-19(11-25-9-16(26(27)28)23-18(25)29-19)10-24-7-13-6-21-17(22-15(13)8-24)12-2-4-14(20)5-3-12/h2-6,9H,7-8,10-11H2,1H3/t19-/m0/s1. The summed E-state index contributed by atoms with van der Waals surface area (Å²) in [7, 11) is 0. The van der Waals surface area contributed by atoms with Crippen LogP contribution >= 0.6 is 0 Å². The number of imidazole rings is 1. The minimum atomic E-state index is -0.535. The maximum Gasteiger partial charge on any atom is 0.415 e. The molecule has 0 aliphatic carbocycles. The van der Waals surface area contributed by atoms with Gasteiger partial charge in [0.2, 0.25) is 0 Å². The largest absolute Gasteiger partial charge is 0.436 e. The number of benzene rings is 1. The number of fused-ring (bicyclic) bond motifs is 2. The molecule has 3 aromatic rings. The average molecular weight is 396 g/mol. The fourth-order valence-electron chi connectivity index (χ4n) is 3.91. The Kier molecular flexibility index (Phi) is 3.85. The van der Waals surface area contributed by atoms with Crippen LogP contribution in [-0.4, -0.2) is 41.5 Å². The molecule has 1 atom stereocenters. The quantitative estimate of drug-likeness (QED) is 0.494. The third-order valence-electron chi connectivity index (χ3n) is 5.14. The summed E-state index contributed by atoms with van der Waals surface area (Å²) in [6.45, 7) is 4.41. The molecule has 1 aromatic carbocycles. The first kappa shape index (κ1) is 17.7. The highest BCUT2D eigenvalue weighted by atomic mass is 19.1. The summed E-state index contributed by atoms with van der Waals surface area (Å²) in [5.41, 5.74) is 2.22. The van der Waals surface area contributed by atoms with Crippen LogP contribution in [0.3, 0.4) is 0 Å². The number of hydrogen-bond acceptors (Lipinski definition) is 7. The van der Waals surface area contributed by atoms with Gasteiger partial charge in [0.15, 0.2) is 5.82 Å². The first-order valence-corrected chi connectivity index (χ1v) is 9.12. The minimum absolute atomic E-state index is 0.209. The van der Waals surface area contributed by atoms with Crippen LogP contribution in [0.1, 0.15) is 18.2 Å². The Morgan fingerprint density at radius 3 is 2.79 bits per heavy atom. The summed E-state index contributed by atoms with van der Waals surface area (Å²) in [5, 5.41) is 10.9. The molecule has 2 aromatic heterocycles. The molecular weight excluding hydrogens is 379 g/mol. The molecular formula is C19H17FN6O3. The Hall–Kier alpha value is -3.40. The van der Waals surface area contributed by atoms with Gasteiger partial charge in [-0.15, -0.1) is 0 Å². The summed E-state index contributed by atoms with van der Waals surface area (Å²) in [6.07, 6.45) is 3.22. The van der Waals surface area contributed by atoms with E-state index in [9.17, 15) is 14.5 Å². The van der Waals surface area contributed by atoms with Crippen LogP contribution < -0.4 is 4.74 Å². The number of aromatic nitrogens is 4. The second-order valence-electron chi connectivity index (χ2n) is 7.64. The lowest BCUT2D eigenvalue weighted by Crippen LogP contribution is -2.43. The van der Waals surface area contributed by atoms with Crippen LogP contribution in [0.5, 0.6) is 6.01 Å². The van der Waals surface area contributed by atoms with E-state index in [2.05, 4.69) is 19.9 Å². The topological polar surface area (TPSA) is 99.2 Å². The maximum absolute atomic E-state index is 13.1. The van der Waals surface area contributed by atoms with Gasteiger partial charge in [0.05, 0.1) is 12.2 Å². The fraction of sp³-hybridized carbons (Fsp3) is 0.316. The van der Waals surface area contributed by atoms with Crippen LogP contribution in [0.25, 0.3) is 11.4 Å². The van der Waals surface area contributed by atoms with Crippen molar-refractivity contribution in [2.45, 2.75) is 32.2 Å². The SMILES string of the molecule is C[C@]1(CN2Cc3cnc(-c4ccc(F)cc4)nc3C2)Cn2cc([N+](=O)[O-])nc2O1. The van der Waals surface area contributed by atoms with Gasteiger partial charge >= 0.3 is 11.8 Å². The summed E-state index contributed by atoms with van der Waals surface area (Å²) in [4.78, 5) is 25.5. The van der Waals surface area contributed by atoms with Crippen molar-refractivity contribution in [3.63, 3.8) is 0 Å². The fourth-order valence-corrected chi connectivity index (χ4v) is 3.91. The molecule has 2 aliphatic heterocycles. The van der Waals surface area contributed by atoms with E-state index in [1.54, 1.807) is 16.7 Å². The van der Waals surface area contributed by atoms with Gasteiger partial charge in [-0.05, 0) is 36.1 Å². The first-order chi connectivity index (χ1) is 13.9. The molecule has 0 spiro atoms. The van der Waals surface area contributed by atoms with Gasteiger partial charge in [0, 0.05) is 41.9 Å². The van der Waals surface area contributed by atoms with Crippen molar-refractivity contribution in [3.05, 3.63) is 63.8 Å². The average Bonchev–Trinajstić information content (AvgIpc) is 3.32. The molecule has 0 bridgehead atoms. The van der Waals surface area contributed by atoms with E-state index >= 15 is 0 Å². The van der Waals surface area contributed by atoms with E-state index in [4.69, 9.17) is 4.74 Å². The number of rotatable bonds is 4. The third-order valence-corrected chi connectivity index (χ3v) is 5.14. The van der Waals surface area contributed by atoms with E-state index in [0.717, 1.165) is 16.8 Å². The number of nitro groups is 1. The molecule has 10 heteroatoms. The predicted molar refractivity (Wildman–Crippen MR) is 99.5 cm³/mol. The van der Waals surface area contributed by atoms with Crippen LogP contribution in [0.15, 0.2) is 36.7 Å². The maximum atomic E-state index is 13.1. The number of halogens is 1. The molecule has 29 heavy (non-hydrogen) atoms. The summed E-state index contributed by atoms with van der Waals surface area (Å²) in [5.74, 6) is 0.0665. The minimum Gasteiger partial charge on any atom is -0.436 e.